The molecule has 11 heteroatoms. The second-order valence-corrected chi connectivity index (χ2v) is 9.93. The van der Waals surface area contributed by atoms with Gasteiger partial charge in [0.05, 0.1) is 22.2 Å². The lowest BCUT2D eigenvalue weighted by molar-refractivity contribution is -0.143. The number of hydrogen-bond donors (Lipinski definition) is 3. The maximum Gasteiger partial charge on any atom is 0.275 e. The molecule has 1 aliphatic heterocycles. The number of aromatic nitrogens is 2. The maximum atomic E-state index is 13.5. The van der Waals surface area contributed by atoms with Crippen molar-refractivity contribution in [3.63, 3.8) is 0 Å². The van der Waals surface area contributed by atoms with Gasteiger partial charge in [0, 0.05) is 19.0 Å². The van der Waals surface area contributed by atoms with E-state index in [4.69, 9.17) is 14.5 Å². The average molecular weight is 525 g/mol. The molecule has 2 amide bonds. The molecule has 3 aromatic rings. The SMILES string of the molecule is Cc1cc(C(C(=O)N2CC(O)CC2C(=O)NOc2ccc(-c3scnc3C#CCO)cc2)C(C)C)on1. The van der Waals surface area contributed by atoms with Crippen molar-refractivity contribution in [2.75, 3.05) is 13.2 Å². The monoisotopic (exact) mass is 524 g/mol. The fourth-order valence-corrected chi connectivity index (χ4v) is 5.02. The minimum Gasteiger partial charge on any atom is -0.391 e. The van der Waals surface area contributed by atoms with Crippen molar-refractivity contribution in [3.05, 3.63) is 53.0 Å². The van der Waals surface area contributed by atoms with E-state index in [0.29, 0.717) is 22.9 Å². The summed E-state index contributed by atoms with van der Waals surface area (Å²) in [6.07, 6.45) is -0.728. The van der Waals surface area contributed by atoms with Crippen LogP contribution in [0.1, 0.15) is 43.3 Å². The number of aryl methyl sites for hydroxylation is 1. The number of aliphatic hydroxyl groups excluding tert-OH is 2. The molecule has 3 N–H and O–H groups in total. The van der Waals surface area contributed by atoms with Crippen LogP contribution in [-0.4, -0.2) is 62.4 Å². The number of carbonyl (C=O) groups is 2. The summed E-state index contributed by atoms with van der Waals surface area (Å²) in [5.41, 5.74) is 6.19. The molecule has 10 nitrogen and oxygen atoms in total. The highest BCUT2D eigenvalue weighted by molar-refractivity contribution is 7.13. The van der Waals surface area contributed by atoms with Crippen LogP contribution < -0.4 is 10.3 Å². The van der Waals surface area contributed by atoms with Gasteiger partial charge in [0.1, 0.15) is 30.0 Å². The molecule has 3 atom stereocenters. The van der Waals surface area contributed by atoms with Crippen LogP contribution in [-0.2, 0) is 9.59 Å². The summed E-state index contributed by atoms with van der Waals surface area (Å²) in [6, 6.07) is 7.81. The zero-order chi connectivity index (χ0) is 26.5. The third-order valence-corrected chi connectivity index (χ3v) is 6.87. The van der Waals surface area contributed by atoms with Crippen molar-refractivity contribution < 1.29 is 29.2 Å². The van der Waals surface area contributed by atoms with Gasteiger partial charge in [-0.05, 0) is 48.6 Å². The number of carbonyl (C=O) groups excluding carboxylic acids is 2. The molecule has 0 radical (unpaired) electrons. The molecular formula is C26H28N4O6S. The number of β-amino-alcohol motifs (C(OH)–C–C–N with tert-alkyl or cyclic N) is 1. The first-order valence-electron chi connectivity index (χ1n) is 11.8. The topological polar surface area (TPSA) is 138 Å². The number of rotatable bonds is 7. The van der Waals surface area contributed by atoms with Gasteiger partial charge in [0.2, 0.25) is 5.91 Å². The number of aliphatic hydroxyl groups is 2. The zero-order valence-electron chi connectivity index (χ0n) is 20.7. The Morgan fingerprint density at radius 3 is 2.73 bits per heavy atom. The standard InChI is InChI=1S/C26H28N4O6S/c1-15(2)23(22-11-16(3)28-36-22)26(34)30-13-18(32)12-21(30)25(33)29-35-19-8-6-17(7-9-19)24-20(5-4-10-31)27-14-37-24/h6-9,11,14-15,18,21,23,31-32H,10,12-13H2,1-3H3,(H,29,33). The van der Waals surface area contributed by atoms with E-state index in [1.54, 1.807) is 42.8 Å². The number of likely N-dealkylation sites (tertiary alicyclic amines) is 1. The average Bonchev–Trinajstić information content (AvgIpc) is 3.61. The predicted octanol–water partition coefficient (Wildman–Crippen LogP) is 2.26. The fourth-order valence-electron chi connectivity index (χ4n) is 4.26. The number of thiazole rings is 1. The lowest BCUT2D eigenvalue weighted by Gasteiger charge is -2.28. The largest absolute Gasteiger partial charge is 0.391 e. The van der Waals surface area contributed by atoms with Crippen LogP contribution in [0.3, 0.4) is 0 Å². The van der Waals surface area contributed by atoms with Gasteiger partial charge >= 0.3 is 0 Å². The Balaban J connectivity index is 1.42. The molecule has 1 saturated heterocycles. The second-order valence-electron chi connectivity index (χ2n) is 9.07. The highest BCUT2D eigenvalue weighted by atomic mass is 32.1. The Morgan fingerprint density at radius 2 is 2.08 bits per heavy atom. The number of amides is 2. The quantitative estimate of drug-likeness (QED) is 0.316. The Hall–Kier alpha value is -3.72. The molecule has 37 heavy (non-hydrogen) atoms. The summed E-state index contributed by atoms with van der Waals surface area (Å²) in [4.78, 5) is 38.4. The Morgan fingerprint density at radius 1 is 1.32 bits per heavy atom. The van der Waals surface area contributed by atoms with Gasteiger partial charge in [0.25, 0.3) is 5.91 Å². The van der Waals surface area contributed by atoms with Crippen molar-refractivity contribution in [3.8, 4) is 28.0 Å². The van der Waals surface area contributed by atoms with Gasteiger partial charge in [-0.3, -0.25) is 9.59 Å². The first kappa shape index (κ1) is 26.3. The van der Waals surface area contributed by atoms with Crippen molar-refractivity contribution in [2.24, 2.45) is 5.92 Å². The van der Waals surface area contributed by atoms with E-state index in [2.05, 4.69) is 27.5 Å². The minimum atomic E-state index is -0.892. The molecule has 1 fully saturated rings. The molecule has 3 heterocycles. The van der Waals surface area contributed by atoms with Gasteiger partial charge in [-0.15, -0.1) is 11.3 Å². The summed E-state index contributed by atoms with van der Waals surface area (Å²) in [6.45, 7) is 5.35. The summed E-state index contributed by atoms with van der Waals surface area (Å²) < 4.78 is 5.35. The molecule has 0 saturated carbocycles. The van der Waals surface area contributed by atoms with Gasteiger partial charge in [-0.2, -0.15) is 5.48 Å². The molecule has 3 unspecified atom stereocenters. The van der Waals surface area contributed by atoms with E-state index in [1.807, 2.05) is 13.8 Å². The van der Waals surface area contributed by atoms with Gasteiger partial charge in [0.15, 0.2) is 5.75 Å². The maximum absolute atomic E-state index is 13.5. The molecular weight excluding hydrogens is 496 g/mol. The van der Waals surface area contributed by atoms with Gasteiger partial charge in [-0.1, -0.05) is 24.9 Å². The number of hydrogen-bond acceptors (Lipinski definition) is 9. The Bertz CT molecular complexity index is 1310. The van der Waals surface area contributed by atoms with E-state index in [9.17, 15) is 14.7 Å². The lowest BCUT2D eigenvalue weighted by atomic mass is 9.91. The normalized spacial score (nSPS) is 17.8. The third kappa shape index (κ3) is 5.99. The van der Waals surface area contributed by atoms with Crippen LogP contribution in [0.25, 0.3) is 10.4 Å². The van der Waals surface area contributed by atoms with Gasteiger partial charge < -0.3 is 24.5 Å². The number of nitrogens with one attached hydrogen (secondary N) is 1. The summed E-state index contributed by atoms with van der Waals surface area (Å²) in [5.74, 6) is 4.65. The minimum absolute atomic E-state index is 0.0400. The smallest absolute Gasteiger partial charge is 0.275 e. The fraction of sp³-hybridized carbons (Fsp3) is 0.385. The van der Waals surface area contributed by atoms with Crippen LogP contribution in [0.5, 0.6) is 5.75 Å². The van der Waals surface area contributed by atoms with Gasteiger partial charge in [-0.25, -0.2) is 4.98 Å². The number of hydroxylamine groups is 1. The molecule has 194 valence electrons. The molecule has 1 aromatic carbocycles. The summed E-state index contributed by atoms with van der Waals surface area (Å²) >= 11 is 1.42. The molecule has 1 aliphatic rings. The molecule has 0 aliphatic carbocycles. The molecule has 0 bridgehead atoms. The second kappa shape index (κ2) is 11.6. The summed E-state index contributed by atoms with van der Waals surface area (Å²) in [7, 11) is 0. The highest BCUT2D eigenvalue weighted by Gasteiger charge is 2.43. The van der Waals surface area contributed by atoms with E-state index in [1.165, 1.54) is 16.2 Å². The van der Waals surface area contributed by atoms with Crippen LogP contribution in [0.4, 0.5) is 0 Å². The third-order valence-electron chi connectivity index (χ3n) is 5.99. The zero-order valence-corrected chi connectivity index (χ0v) is 21.5. The van der Waals surface area contributed by atoms with Crippen LogP contribution in [0, 0.1) is 24.7 Å². The van der Waals surface area contributed by atoms with E-state index >= 15 is 0 Å². The van der Waals surface area contributed by atoms with Crippen molar-refractivity contribution in [1.82, 2.24) is 20.5 Å². The van der Waals surface area contributed by atoms with Crippen LogP contribution in [0.15, 0.2) is 40.4 Å². The first-order chi connectivity index (χ1) is 17.8. The molecule has 0 spiro atoms. The van der Waals surface area contributed by atoms with Crippen LogP contribution in [0.2, 0.25) is 0 Å². The lowest BCUT2D eigenvalue weighted by Crippen LogP contribution is -2.48. The van der Waals surface area contributed by atoms with Crippen molar-refractivity contribution >= 4 is 23.2 Å². The number of nitrogens with zero attached hydrogens (tertiary/aromatic N) is 3. The number of benzene rings is 1. The Kier molecular flexibility index (Phi) is 8.23. The van der Waals surface area contributed by atoms with Crippen LogP contribution >= 0.6 is 11.3 Å². The molecule has 4 rings (SSSR count). The predicted molar refractivity (Wildman–Crippen MR) is 135 cm³/mol. The Labute approximate surface area is 218 Å². The van der Waals surface area contributed by atoms with E-state index < -0.39 is 24.0 Å². The summed E-state index contributed by atoms with van der Waals surface area (Å²) in [5, 5.41) is 23.1. The van der Waals surface area contributed by atoms with E-state index in [0.717, 1.165) is 10.4 Å². The van der Waals surface area contributed by atoms with Crippen molar-refractivity contribution in [1.29, 1.82) is 0 Å². The first-order valence-corrected chi connectivity index (χ1v) is 12.7. The van der Waals surface area contributed by atoms with Crippen molar-refractivity contribution in [2.45, 2.75) is 45.3 Å². The highest BCUT2D eigenvalue weighted by Crippen LogP contribution is 2.31. The van der Waals surface area contributed by atoms with E-state index in [-0.39, 0.29) is 31.4 Å². The molecule has 2 aromatic heterocycles.